The molecule has 2 atom stereocenters. The Morgan fingerprint density at radius 3 is 2.08 bits per heavy atom. The molecular weight excluding hydrogens is 531 g/mol. The van der Waals surface area contributed by atoms with E-state index < -0.39 is 24.0 Å². The maximum atomic E-state index is 13.0. The van der Waals surface area contributed by atoms with Crippen LogP contribution in [0.2, 0.25) is 0 Å². The van der Waals surface area contributed by atoms with Crippen LogP contribution in [-0.2, 0) is 6.42 Å². The predicted molar refractivity (Wildman–Crippen MR) is 169 cm³/mol. The highest BCUT2D eigenvalue weighted by Gasteiger charge is 2.36. The maximum Gasteiger partial charge on any atom is 0.416 e. The molecule has 0 fully saturated rings. The van der Waals surface area contributed by atoms with Crippen LogP contribution in [0.4, 0.5) is 13.2 Å². The van der Waals surface area contributed by atoms with Gasteiger partial charge in [0.25, 0.3) is 0 Å². The lowest BCUT2D eigenvalue weighted by Gasteiger charge is -2.36. The lowest BCUT2D eigenvalue weighted by molar-refractivity contribution is -0.0882. The Hall–Kier alpha value is -1.57. The molecule has 40 heavy (non-hydrogen) atoms. The second-order valence-corrected chi connectivity index (χ2v) is 12.0. The molecule has 1 aliphatic carbocycles. The third-order valence-electron chi connectivity index (χ3n) is 6.60. The predicted octanol–water partition coefficient (Wildman–Crippen LogP) is 10.2. The zero-order valence-electron chi connectivity index (χ0n) is 27.0. The van der Waals surface area contributed by atoms with E-state index in [4.69, 9.17) is 4.98 Å². The number of allylic oxidation sites excluding steroid dienone is 4. The fourth-order valence-electron chi connectivity index (χ4n) is 4.22. The molecule has 232 valence electrons. The van der Waals surface area contributed by atoms with Gasteiger partial charge in [-0.05, 0) is 54.8 Å². The number of aromatic nitrogens is 1. The van der Waals surface area contributed by atoms with Crippen LogP contribution >= 0.6 is 12.6 Å². The van der Waals surface area contributed by atoms with Crippen LogP contribution in [0, 0.1) is 17.8 Å². The monoisotopic (exact) mass is 587 g/mol. The average Bonchev–Trinajstić information content (AvgIpc) is 2.83. The van der Waals surface area contributed by atoms with E-state index in [0.29, 0.717) is 17.4 Å². The smallest absolute Gasteiger partial charge is 0.388 e. The van der Waals surface area contributed by atoms with Crippen molar-refractivity contribution in [3.05, 3.63) is 64.5 Å². The molecule has 1 aromatic heterocycles. The van der Waals surface area contributed by atoms with Gasteiger partial charge in [-0.15, -0.1) is 0 Å². The molecule has 3 nitrogen and oxygen atoms in total. The number of aliphatic hydroxyl groups is 2. The summed E-state index contributed by atoms with van der Waals surface area (Å²) in [6, 6.07) is 0. The molecule has 0 aromatic carbocycles. The molecule has 0 spiro atoms. The van der Waals surface area contributed by atoms with Gasteiger partial charge in [0.2, 0.25) is 0 Å². The van der Waals surface area contributed by atoms with Crippen molar-refractivity contribution in [2.75, 3.05) is 6.26 Å². The van der Waals surface area contributed by atoms with Gasteiger partial charge in [-0.1, -0.05) is 107 Å². The van der Waals surface area contributed by atoms with Crippen LogP contribution in [-0.4, -0.2) is 27.6 Å². The van der Waals surface area contributed by atoms with Crippen LogP contribution in [0.15, 0.2) is 36.5 Å². The first-order chi connectivity index (χ1) is 18.3. The molecule has 0 saturated heterocycles. The number of aliphatic hydroxyl groups excluding tert-OH is 2. The van der Waals surface area contributed by atoms with Crippen LogP contribution in [0.5, 0.6) is 0 Å². The first-order valence-electron chi connectivity index (χ1n) is 14.2. The van der Waals surface area contributed by atoms with Crippen molar-refractivity contribution in [1.29, 1.82) is 0 Å². The number of alkyl halides is 3. The number of halogens is 3. The van der Waals surface area contributed by atoms with Gasteiger partial charge in [-0.3, -0.25) is 4.98 Å². The number of fused-ring (bicyclic) bond motifs is 1. The zero-order valence-corrected chi connectivity index (χ0v) is 27.9. The molecule has 7 heteroatoms. The van der Waals surface area contributed by atoms with E-state index in [1.807, 2.05) is 34.6 Å². The van der Waals surface area contributed by atoms with Gasteiger partial charge in [0.1, 0.15) is 0 Å². The highest BCUT2D eigenvalue weighted by atomic mass is 32.1. The van der Waals surface area contributed by atoms with Crippen molar-refractivity contribution < 1.29 is 23.4 Å². The van der Waals surface area contributed by atoms with E-state index in [0.717, 1.165) is 47.2 Å². The molecular formula is C33H56F3NO2S. The molecule has 1 aliphatic rings. The fraction of sp³-hybridized carbons (Fsp3) is 0.667. The highest BCUT2D eigenvalue weighted by molar-refractivity contribution is 7.79. The molecule has 0 saturated carbocycles. The largest absolute Gasteiger partial charge is 0.416 e. The van der Waals surface area contributed by atoms with Gasteiger partial charge in [-0.2, -0.15) is 25.8 Å². The lowest BCUT2D eigenvalue weighted by atomic mass is 9.72. The van der Waals surface area contributed by atoms with E-state index in [9.17, 15) is 23.4 Å². The third-order valence-corrected chi connectivity index (χ3v) is 6.60. The maximum absolute atomic E-state index is 13.0. The van der Waals surface area contributed by atoms with Gasteiger partial charge in [0.15, 0.2) is 0 Å². The summed E-state index contributed by atoms with van der Waals surface area (Å²) in [6.45, 7) is 26.2. The number of rotatable bonds is 6. The van der Waals surface area contributed by atoms with E-state index in [1.54, 1.807) is 6.26 Å². The number of nitrogens with zero attached hydrogens (tertiary/aromatic N) is 1. The zero-order chi connectivity index (χ0) is 32.1. The van der Waals surface area contributed by atoms with Gasteiger partial charge in [-0.25, -0.2) is 0 Å². The SMILES string of the molecule is C=C/C=C(\C=C/CC(O)c1c(C(C)C)nc2c(c1C)C(O)CC(C)(C)C2)C(F)(F)F.CC.CCC(C)(C)C.CS. The van der Waals surface area contributed by atoms with Crippen molar-refractivity contribution in [3.8, 4) is 0 Å². The lowest BCUT2D eigenvalue weighted by Crippen LogP contribution is -2.29. The van der Waals surface area contributed by atoms with Gasteiger partial charge in [0, 0.05) is 22.5 Å². The van der Waals surface area contributed by atoms with Gasteiger partial charge >= 0.3 is 6.18 Å². The molecule has 0 radical (unpaired) electrons. The Bertz CT molecular complexity index is 958. The van der Waals surface area contributed by atoms with Crippen LogP contribution < -0.4 is 0 Å². The van der Waals surface area contributed by atoms with E-state index in [-0.39, 0.29) is 17.8 Å². The van der Waals surface area contributed by atoms with Gasteiger partial charge < -0.3 is 10.2 Å². The summed E-state index contributed by atoms with van der Waals surface area (Å²) in [5.41, 5.74) is 3.35. The standard InChI is InChI=1S/C24H32F3NO2.C6H14.C2H6.CH4S/c1-7-9-16(24(25,26)27)10-8-11-18(29)21-15(4)20-17(28-22(21)14(2)3)12-23(5,6)13-19(20)30;1-5-6(2,3)4;2*1-2/h7-10,14,18-19,29-30H,1,11-13H2,2-6H3;5H2,1-4H3;1-2H3;2H,1H3/b10-8-,16-9+;;;. The molecule has 1 heterocycles. The summed E-state index contributed by atoms with van der Waals surface area (Å²) in [4.78, 5) is 4.80. The summed E-state index contributed by atoms with van der Waals surface area (Å²) < 4.78 is 39.0. The topological polar surface area (TPSA) is 53.4 Å². The van der Waals surface area contributed by atoms with Crippen LogP contribution in [0.3, 0.4) is 0 Å². The molecule has 0 aliphatic heterocycles. The summed E-state index contributed by atoms with van der Waals surface area (Å²) >= 11 is 3.53. The Labute approximate surface area is 248 Å². The molecule has 2 N–H and O–H groups in total. The first kappa shape index (κ1) is 40.6. The fourth-order valence-corrected chi connectivity index (χ4v) is 4.22. The van der Waals surface area contributed by atoms with Crippen molar-refractivity contribution in [1.82, 2.24) is 4.98 Å². The second kappa shape index (κ2) is 18.1. The highest BCUT2D eigenvalue weighted by Crippen LogP contribution is 2.44. The van der Waals surface area contributed by atoms with Gasteiger partial charge in [0.05, 0.1) is 17.8 Å². The minimum Gasteiger partial charge on any atom is -0.388 e. The Morgan fingerprint density at radius 1 is 1.18 bits per heavy atom. The van der Waals surface area contributed by atoms with E-state index in [1.165, 1.54) is 12.5 Å². The minimum absolute atomic E-state index is 0.00712. The molecule has 0 amide bonds. The number of hydrogen-bond acceptors (Lipinski definition) is 4. The number of pyridine rings is 1. The number of hydrogen-bond donors (Lipinski definition) is 3. The Kier molecular flexibility index (Phi) is 18.3. The van der Waals surface area contributed by atoms with Crippen molar-refractivity contribution in [2.45, 2.75) is 126 Å². The number of thiol groups is 1. The normalized spacial score (nSPS) is 17.5. The summed E-state index contributed by atoms with van der Waals surface area (Å²) in [5, 5.41) is 21.6. The molecule has 1 aromatic rings. The summed E-state index contributed by atoms with van der Waals surface area (Å²) in [6.07, 6.45) is 2.38. The molecule has 2 unspecified atom stereocenters. The quantitative estimate of drug-likeness (QED) is 0.229. The second-order valence-electron chi connectivity index (χ2n) is 12.0. The van der Waals surface area contributed by atoms with Crippen molar-refractivity contribution in [2.24, 2.45) is 10.8 Å². The van der Waals surface area contributed by atoms with E-state index >= 15 is 0 Å². The first-order valence-corrected chi connectivity index (χ1v) is 15.1. The summed E-state index contributed by atoms with van der Waals surface area (Å²) in [5.74, 6) is 0.0243. The molecule has 2 rings (SSSR count). The Morgan fingerprint density at radius 2 is 1.68 bits per heavy atom. The minimum atomic E-state index is -4.49. The van der Waals surface area contributed by atoms with Crippen molar-refractivity contribution in [3.63, 3.8) is 0 Å². The van der Waals surface area contributed by atoms with Crippen molar-refractivity contribution >= 4 is 12.6 Å². The molecule has 0 bridgehead atoms. The Balaban J connectivity index is 0. The van der Waals surface area contributed by atoms with Crippen LogP contribution in [0.1, 0.15) is 135 Å². The average molecular weight is 588 g/mol. The van der Waals surface area contributed by atoms with E-state index in [2.05, 4.69) is 60.8 Å². The third kappa shape index (κ3) is 13.4. The van der Waals surface area contributed by atoms with Crippen LogP contribution in [0.25, 0.3) is 0 Å². The summed E-state index contributed by atoms with van der Waals surface area (Å²) in [7, 11) is 0.